The number of aliphatic hydroxyl groups is 1. The molecule has 0 aliphatic rings. The van der Waals surface area contributed by atoms with E-state index in [1.807, 2.05) is 6.92 Å². The van der Waals surface area contributed by atoms with Crippen molar-refractivity contribution in [1.82, 2.24) is 4.90 Å². The van der Waals surface area contributed by atoms with Crippen molar-refractivity contribution in [1.29, 1.82) is 0 Å². The fourth-order valence-electron chi connectivity index (χ4n) is 0.397. The largest absolute Gasteiger partial charge is 0.395 e. The summed E-state index contributed by atoms with van der Waals surface area (Å²) in [5.41, 5.74) is 0. The third kappa shape index (κ3) is 3.21. The first-order valence-electron chi connectivity index (χ1n) is 2.88. The van der Waals surface area contributed by atoms with Gasteiger partial charge in [-0.1, -0.05) is 0 Å². The lowest BCUT2D eigenvalue weighted by Crippen LogP contribution is -2.33. The molecule has 0 aromatic carbocycles. The van der Waals surface area contributed by atoms with Gasteiger partial charge in [0.2, 0.25) is 6.29 Å². The highest BCUT2D eigenvalue weighted by Gasteiger charge is 2.05. The lowest BCUT2D eigenvalue weighted by atomic mass is 10.3. The maximum absolute atomic E-state index is 9.79. The van der Waals surface area contributed by atoms with E-state index in [0.29, 0.717) is 0 Å². The Balaban J connectivity index is 3.44. The first-order chi connectivity index (χ1) is 4.22. The number of carbonyl (C=O) groups excluding carboxylic acids is 1. The molecule has 0 bridgehead atoms. The van der Waals surface area contributed by atoms with E-state index >= 15 is 0 Å². The van der Waals surface area contributed by atoms with Crippen LogP contribution in [0.5, 0.6) is 0 Å². The monoisotopic (exact) mass is 130 g/mol. The summed E-state index contributed by atoms with van der Waals surface area (Å²) >= 11 is 0. The number of nitrogens with zero attached hydrogens (tertiary/aromatic N) is 1. The SMILES string of the molecule is C[C@H](CO)N(C)C[C]=O. The van der Waals surface area contributed by atoms with Crippen molar-refractivity contribution >= 4 is 6.29 Å². The van der Waals surface area contributed by atoms with Crippen molar-refractivity contribution in [2.45, 2.75) is 13.0 Å². The van der Waals surface area contributed by atoms with Crippen molar-refractivity contribution in [3.05, 3.63) is 0 Å². The zero-order valence-corrected chi connectivity index (χ0v) is 5.79. The van der Waals surface area contributed by atoms with E-state index in [2.05, 4.69) is 0 Å². The Hall–Kier alpha value is -0.410. The van der Waals surface area contributed by atoms with Gasteiger partial charge in [-0.25, -0.2) is 0 Å². The molecule has 3 nitrogen and oxygen atoms in total. The minimum atomic E-state index is 0.0476. The molecule has 0 amide bonds. The van der Waals surface area contributed by atoms with Crippen molar-refractivity contribution < 1.29 is 9.90 Å². The highest BCUT2D eigenvalue weighted by atomic mass is 16.3. The Morgan fingerprint density at radius 2 is 2.33 bits per heavy atom. The van der Waals surface area contributed by atoms with Crippen LogP contribution in [0.15, 0.2) is 0 Å². The van der Waals surface area contributed by atoms with E-state index in [9.17, 15) is 4.79 Å². The van der Waals surface area contributed by atoms with Crippen molar-refractivity contribution in [2.24, 2.45) is 0 Å². The van der Waals surface area contributed by atoms with Crippen molar-refractivity contribution in [3.8, 4) is 0 Å². The molecule has 3 heteroatoms. The zero-order valence-electron chi connectivity index (χ0n) is 5.79. The highest BCUT2D eigenvalue weighted by Crippen LogP contribution is 1.89. The molecule has 53 valence electrons. The van der Waals surface area contributed by atoms with E-state index in [0.717, 1.165) is 0 Å². The Morgan fingerprint density at radius 3 is 2.67 bits per heavy atom. The van der Waals surface area contributed by atoms with Crippen LogP contribution < -0.4 is 0 Å². The van der Waals surface area contributed by atoms with Crippen LogP contribution >= 0.6 is 0 Å². The average molecular weight is 130 g/mol. The number of likely N-dealkylation sites (N-methyl/N-ethyl adjacent to an activating group) is 1. The molecule has 0 rings (SSSR count). The van der Waals surface area contributed by atoms with E-state index in [4.69, 9.17) is 5.11 Å². The molecule has 1 N–H and O–H groups in total. The van der Waals surface area contributed by atoms with Crippen LogP contribution in [-0.4, -0.2) is 42.5 Å². The van der Waals surface area contributed by atoms with Crippen molar-refractivity contribution in [3.63, 3.8) is 0 Å². The molecule has 1 atom stereocenters. The van der Waals surface area contributed by atoms with Crippen LogP contribution in [-0.2, 0) is 4.79 Å². The third-order valence-electron chi connectivity index (χ3n) is 1.33. The summed E-state index contributed by atoms with van der Waals surface area (Å²) < 4.78 is 0. The fraction of sp³-hybridized carbons (Fsp3) is 0.833. The van der Waals surface area contributed by atoms with Gasteiger partial charge < -0.3 is 5.11 Å². The van der Waals surface area contributed by atoms with Gasteiger partial charge in [-0.3, -0.25) is 9.69 Å². The molecule has 0 aromatic heterocycles. The van der Waals surface area contributed by atoms with Gasteiger partial charge in [-0.15, -0.1) is 0 Å². The molecule has 0 fully saturated rings. The van der Waals surface area contributed by atoms with E-state index in [1.54, 1.807) is 18.2 Å². The molecule has 0 heterocycles. The minimum absolute atomic E-state index is 0.0476. The maximum Gasteiger partial charge on any atom is 0.213 e. The molecule has 1 radical (unpaired) electrons. The molecule has 0 unspecified atom stereocenters. The van der Waals surface area contributed by atoms with Gasteiger partial charge in [-0.05, 0) is 14.0 Å². The van der Waals surface area contributed by atoms with Crippen LogP contribution in [0.2, 0.25) is 0 Å². The van der Waals surface area contributed by atoms with Gasteiger partial charge in [-0.2, -0.15) is 0 Å². The fourth-order valence-corrected chi connectivity index (χ4v) is 0.397. The van der Waals surface area contributed by atoms with Gasteiger partial charge in [0.15, 0.2) is 0 Å². The van der Waals surface area contributed by atoms with Gasteiger partial charge in [0.25, 0.3) is 0 Å². The van der Waals surface area contributed by atoms with E-state index < -0.39 is 0 Å². The lowest BCUT2D eigenvalue weighted by molar-refractivity contribution is 0.172. The highest BCUT2D eigenvalue weighted by molar-refractivity contribution is 5.52. The van der Waals surface area contributed by atoms with Gasteiger partial charge in [0.05, 0.1) is 13.2 Å². The molecule has 0 aliphatic heterocycles. The molecule has 9 heavy (non-hydrogen) atoms. The summed E-state index contributed by atoms with van der Waals surface area (Å²) in [5.74, 6) is 0. The van der Waals surface area contributed by atoms with Gasteiger partial charge in [0, 0.05) is 6.04 Å². The Kier molecular flexibility index (Phi) is 4.26. The summed E-state index contributed by atoms with van der Waals surface area (Å²) in [6.45, 7) is 2.19. The van der Waals surface area contributed by atoms with Crippen LogP contribution in [0, 0.1) is 0 Å². The molecular formula is C6H12NO2. The number of rotatable bonds is 4. The molecule has 0 saturated heterocycles. The van der Waals surface area contributed by atoms with E-state index in [1.165, 1.54) is 0 Å². The minimum Gasteiger partial charge on any atom is -0.395 e. The summed E-state index contributed by atoms with van der Waals surface area (Å²) in [6, 6.07) is 0.0476. The smallest absolute Gasteiger partial charge is 0.213 e. The predicted molar refractivity (Wildman–Crippen MR) is 34.9 cm³/mol. The zero-order chi connectivity index (χ0) is 7.28. The lowest BCUT2D eigenvalue weighted by Gasteiger charge is -2.18. The molecule has 0 aliphatic carbocycles. The van der Waals surface area contributed by atoms with Gasteiger partial charge >= 0.3 is 0 Å². The Labute approximate surface area is 55.3 Å². The van der Waals surface area contributed by atoms with E-state index in [-0.39, 0.29) is 19.2 Å². The molecule has 0 saturated carbocycles. The first kappa shape index (κ1) is 8.59. The number of aliphatic hydroxyl groups excluding tert-OH is 1. The normalized spacial score (nSPS) is 13.8. The quantitative estimate of drug-likeness (QED) is 0.553. The topological polar surface area (TPSA) is 40.5 Å². The third-order valence-corrected chi connectivity index (χ3v) is 1.33. The van der Waals surface area contributed by atoms with Crippen molar-refractivity contribution in [2.75, 3.05) is 20.2 Å². The van der Waals surface area contributed by atoms with Crippen LogP contribution in [0.25, 0.3) is 0 Å². The second kappa shape index (κ2) is 4.47. The summed E-state index contributed by atoms with van der Waals surface area (Å²) in [4.78, 5) is 11.5. The second-order valence-corrected chi connectivity index (χ2v) is 2.09. The molecule has 0 spiro atoms. The number of hydrogen-bond acceptors (Lipinski definition) is 3. The van der Waals surface area contributed by atoms with Crippen LogP contribution in [0.3, 0.4) is 0 Å². The van der Waals surface area contributed by atoms with Crippen LogP contribution in [0.4, 0.5) is 0 Å². The Morgan fingerprint density at radius 1 is 1.78 bits per heavy atom. The average Bonchev–Trinajstić information content (AvgIpc) is 1.87. The van der Waals surface area contributed by atoms with Crippen LogP contribution in [0.1, 0.15) is 6.92 Å². The summed E-state index contributed by atoms with van der Waals surface area (Å²) in [6.07, 6.45) is 1.75. The van der Waals surface area contributed by atoms with Gasteiger partial charge in [0.1, 0.15) is 0 Å². The maximum atomic E-state index is 9.79. The number of hydrogen-bond donors (Lipinski definition) is 1. The standard InChI is InChI=1S/C6H12NO2/c1-6(5-9)7(2)3-4-8/h6,9H,3,5H2,1-2H3/t6-/m1/s1. The predicted octanol–water partition coefficient (Wildman–Crippen LogP) is -0.591. The molecule has 0 aromatic rings. The first-order valence-corrected chi connectivity index (χ1v) is 2.88. The summed E-state index contributed by atoms with van der Waals surface area (Å²) in [7, 11) is 1.77. The summed E-state index contributed by atoms with van der Waals surface area (Å²) in [5, 5.41) is 8.56. The second-order valence-electron chi connectivity index (χ2n) is 2.09. The Bertz CT molecular complexity index is 85.1. The molecular weight excluding hydrogens is 118 g/mol.